The zero-order valence-corrected chi connectivity index (χ0v) is 12.7. The first-order valence-electron chi connectivity index (χ1n) is 8.24. The van der Waals surface area contributed by atoms with Crippen LogP contribution < -0.4 is 0 Å². The van der Waals surface area contributed by atoms with E-state index in [1.165, 1.54) is 31.2 Å². The molecule has 1 amide bonds. The molecule has 1 atom stereocenters. The molecule has 1 saturated carbocycles. The van der Waals surface area contributed by atoms with Gasteiger partial charge in [0.05, 0.1) is 12.7 Å². The number of rotatable bonds is 5. The van der Waals surface area contributed by atoms with Crippen LogP contribution >= 0.6 is 0 Å². The molecule has 2 aliphatic rings. The van der Waals surface area contributed by atoms with Crippen LogP contribution in [0.1, 0.15) is 44.1 Å². The lowest BCUT2D eigenvalue weighted by atomic mass is 10.0. The second-order valence-corrected chi connectivity index (χ2v) is 6.40. The predicted octanol–water partition coefficient (Wildman–Crippen LogP) is 3.38. The first-order chi connectivity index (χ1) is 10.3. The summed E-state index contributed by atoms with van der Waals surface area (Å²) in [4.78, 5) is 14.3. The van der Waals surface area contributed by atoms with Crippen molar-refractivity contribution >= 4 is 5.91 Å². The minimum atomic E-state index is 0.206. The fourth-order valence-electron chi connectivity index (χ4n) is 3.47. The Morgan fingerprint density at radius 2 is 1.90 bits per heavy atom. The van der Waals surface area contributed by atoms with Crippen LogP contribution in [0.3, 0.4) is 0 Å². The van der Waals surface area contributed by atoms with E-state index < -0.39 is 0 Å². The van der Waals surface area contributed by atoms with Crippen LogP contribution in [-0.2, 0) is 16.1 Å². The standard InChI is InChI=1S/C18H25NO2/c20-18(12-15-6-4-5-7-15)19-11-10-17(13-19)21-14-16-8-2-1-3-9-16/h1-3,8-9,15,17H,4-7,10-14H2. The highest BCUT2D eigenvalue weighted by atomic mass is 16.5. The number of hydrogen-bond donors (Lipinski definition) is 0. The fourth-order valence-corrected chi connectivity index (χ4v) is 3.47. The van der Waals surface area contributed by atoms with Gasteiger partial charge in [0.2, 0.25) is 5.91 Å². The quantitative estimate of drug-likeness (QED) is 0.831. The lowest BCUT2D eigenvalue weighted by molar-refractivity contribution is -0.131. The maximum absolute atomic E-state index is 12.3. The van der Waals surface area contributed by atoms with Crippen molar-refractivity contribution in [1.29, 1.82) is 0 Å². The van der Waals surface area contributed by atoms with Crippen LogP contribution in [-0.4, -0.2) is 30.0 Å². The van der Waals surface area contributed by atoms with E-state index >= 15 is 0 Å². The molecule has 1 aromatic rings. The largest absolute Gasteiger partial charge is 0.372 e. The summed E-state index contributed by atoms with van der Waals surface area (Å²) in [6.45, 7) is 2.29. The summed E-state index contributed by atoms with van der Waals surface area (Å²) in [6, 6.07) is 10.2. The molecular formula is C18H25NO2. The third kappa shape index (κ3) is 4.07. The Morgan fingerprint density at radius 1 is 1.14 bits per heavy atom. The van der Waals surface area contributed by atoms with Gasteiger partial charge in [-0.3, -0.25) is 4.79 Å². The number of hydrogen-bond acceptors (Lipinski definition) is 2. The molecule has 3 nitrogen and oxygen atoms in total. The summed E-state index contributed by atoms with van der Waals surface area (Å²) >= 11 is 0. The smallest absolute Gasteiger partial charge is 0.222 e. The van der Waals surface area contributed by atoms with Crippen LogP contribution in [0.15, 0.2) is 30.3 Å². The molecule has 0 radical (unpaired) electrons. The Labute approximate surface area is 127 Å². The average Bonchev–Trinajstić information content (AvgIpc) is 3.17. The van der Waals surface area contributed by atoms with Crippen molar-refractivity contribution in [2.24, 2.45) is 5.92 Å². The van der Waals surface area contributed by atoms with Gasteiger partial charge in [-0.15, -0.1) is 0 Å². The highest BCUT2D eigenvalue weighted by Gasteiger charge is 2.28. The van der Waals surface area contributed by atoms with E-state index in [0.29, 0.717) is 18.4 Å². The van der Waals surface area contributed by atoms with Gasteiger partial charge in [0, 0.05) is 19.5 Å². The Hall–Kier alpha value is -1.35. The molecule has 1 saturated heterocycles. The minimum absolute atomic E-state index is 0.206. The van der Waals surface area contributed by atoms with E-state index in [4.69, 9.17) is 4.74 Å². The zero-order chi connectivity index (χ0) is 14.5. The summed E-state index contributed by atoms with van der Waals surface area (Å²) in [5.74, 6) is 0.981. The Morgan fingerprint density at radius 3 is 2.67 bits per heavy atom. The van der Waals surface area contributed by atoms with Crippen LogP contribution in [0.4, 0.5) is 0 Å². The average molecular weight is 287 g/mol. The van der Waals surface area contributed by atoms with Crippen LogP contribution in [0.2, 0.25) is 0 Å². The van der Waals surface area contributed by atoms with Crippen LogP contribution in [0.25, 0.3) is 0 Å². The van der Waals surface area contributed by atoms with Gasteiger partial charge in [-0.2, -0.15) is 0 Å². The molecule has 0 aromatic heterocycles. The van der Waals surface area contributed by atoms with E-state index in [-0.39, 0.29) is 6.10 Å². The summed E-state index contributed by atoms with van der Waals surface area (Å²) in [7, 11) is 0. The monoisotopic (exact) mass is 287 g/mol. The van der Waals surface area contributed by atoms with E-state index in [9.17, 15) is 4.79 Å². The molecule has 114 valence electrons. The van der Waals surface area contributed by atoms with Crippen molar-refractivity contribution in [3.8, 4) is 0 Å². The number of likely N-dealkylation sites (tertiary alicyclic amines) is 1. The topological polar surface area (TPSA) is 29.5 Å². The van der Waals surface area contributed by atoms with Crippen LogP contribution in [0, 0.1) is 5.92 Å². The van der Waals surface area contributed by atoms with E-state index in [1.807, 2.05) is 23.1 Å². The summed E-state index contributed by atoms with van der Waals surface area (Å²) < 4.78 is 5.95. The Balaban J connectivity index is 1.41. The third-order valence-electron chi connectivity index (χ3n) is 4.76. The fraction of sp³-hybridized carbons (Fsp3) is 0.611. The molecule has 2 fully saturated rings. The van der Waals surface area contributed by atoms with Gasteiger partial charge in [-0.1, -0.05) is 43.2 Å². The van der Waals surface area contributed by atoms with Crippen molar-refractivity contribution in [3.63, 3.8) is 0 Å². The predicted molar refractivity (Wildman–Crippen MR) is 82.8 cm³/mol. The summed E-state index contributed by atoms with van der Waals surface area (Å²) in [5.41, 5.74) is 1.20. The Bertz CT molecular complexity index is 454. The van der Waals surface area contributed by atoms with Crippen molar-refractivity contribution < 1.29 is 9.53 Å². The second-order valence-electron chi connectivity index (χ2n) is 6.40. The molecule has 1 aromatic carbocycles. The number of ether oxygens (including phenoxy) is 1. The molecule has 21 heavy (non-hydrogen) atoms. The van der Waals surface area contributed by atoms with Crippen molar-refractivity contribution in [3.05, 3.63) is 35.9 Å². The Kier molecular flexibility index (Phi) is 4.91. The molecule has 0 N–H and O–H groups in total. The molecule has 1 unspecified atom stereocenters. The highest BCUT2D eigenvalue weighted by molar-refractivity contribution is 5.76. The summed E-state index contributed by atoms with van der Waals surface area (Å²) in [6.07, 6.45) is 7.04. The first-order valence-corrected chi connectivity index (χ1v) is 8.24. The van der Waals surface area contributed by atoms with Crippen molar-refractivity contribution in [2.75, 3.05) is 13.1 Å². The maximum atomic E-state index is 12.3. The molecule has 0 spiro atoms. The van der Waals surface area contributed by atoms with Crippen LogP contribution in [0.5, 0.6) is 0 Å². The zero-order valence-electron chi connectivity index (χ0n) is 12.7. The molecule has 3 rings (SSSR count). The lowest BCUT2D eigenvalue weighted by Gasteiger charge is -2.19. The van der Waals surface area contributed by atoms with Gasteiger partial charge in [0.25, 0.3) is 0 Å². The summed E-state index contributed by atoms with van der Waals surface area (Å²) in [5, 5.41) is 0. The number of carbonyl (C=O) groups excluding carboxylic acids is 1. The maximum Gasteiger partial charge on any atom is 0.222 e. The SMILES string of the molecule is O=C(CC1CCCC1)N1CCC(OCc2ccccc2)C1. The van der Waals surface area contributed by atoms with Gasteiger partial charge in [-0.05, 0) is 30.7 Å². The van der Waals surface area contributed by atoms with Crippen molar-refractivity contribution in [2.45, 2.75) is 51.2 Å². The van der Waals surface area contributed by atoms with Gasteiger partial charge in [0.1, 0.15) is 0 Å². The molecule has 1 aliphatic carbocycles. The molecule has 3 heteroatoms. The highest BCUT2D eigenvalue weighted by Crippen LogP contribution is 2.28. The minimum Gasteiger partial charge on any atom is -0.372 e. The number of nitrogens with zero attached hydrogens (tertiary/aromatic N) is 1. The number of benzene rings is 1. The third-order valence-corrected chi connectivity index (χ3v) is 4.76. The van der Waals surface area contributed by atoms with Gasteiger partial charge in [-0.25, -0.2) is 0 Å². The van der Waals surface area contributed by atoms with Gasteiger partial charge >= 0.3 is 0 Å². The van der Waals surface area contributed by atoms with E-state index in [1.54, 1.807) is 0 Å². The molecule has 1 aliphatic heterocycles. The van der Waals surface area contributed by atoms with E-state index in [2.05, 4.69) is 12.1 Å². The number of carbonyl (C=O) groups is 1. The normalized spacial score (nSPS) is 22.9. The number of amides is 1. The van der Waals surface area contributed by atoms with Crippen molar-refractivity contribution in [1.82, 2.24) is 4.90 Å². The molecule has 0 bridgehead atoms. The van der Waals surface area contributed by atoms with Gasteiger partial charge in [0.15, 0.2) is 0 Å². The first kappa shape index (κ1) is 14.6. The lowest BCUT2D eigenvalue weighted by Crippen LogP contribution is -2.31. The molecule has 1 heterocycles. The molecular weight excluding hydrogens is 262 g/mol. The second kappa shape index (κ2) is 7.08. The van der Waals surface area contributed by atoms with E-state index in [0.717, 1.165) is 25.9 Å². The van der Waals surface area contributed by atoms with Gasteiger partial charge < -0.3 is 9.64 Å².